The lowest BCUT2D eigenvalue weighted by Crippen LogP contribution is -2.15. The van der Waals surface area contributed by atoms with Crippen LogP contribution in [0.2, 0.25) is 0 Å². The number of aromatic hydroxyl groups is 1. The third-order valence-corrected chi connectivity index (χ3v) is 2.08. The summed E-state index contributed by atoms with van der Waals surface area (Å²) in [6.45, 7) is 1.92. The highest BCUT2D eigenvalue weighted by Gasteiger charge is 2.03. The number of phenolic OH excluding ortho intramolecular Hbond substituents is 1. The molecule has 0 saturated heterocycles. The van der Waals surface area contributed by atoms with Gasteiger partial charge in [-0.15, -0.1) is 0 Å². The number of rotatable bonds is 3. The molecule has 74 valence electrons. The molecule has 0 spiro atoms. The van der Waals surface area contributed by atoms with Crippen LogP contribution in [0.4, 0.5) is 0 Å². The van der Waals surface area contributed by atoms with Crippen LogP contribution in [0.5, 0.6) is 5.75 Å². The summed E-state index contributed by atoms with van der Waals surface area (Å²) < 4.78 is 0. The van der Waals surface area contributed by atoms with Gasteiger partial charge in [0.1, 0.15) is 5.75 Å². The predicted molar refractivity (Wildman–Crippen MR) is 54.8 cm³/mol. The fourth-order valence-corrected chi connectivity index (χ4v) is 1.24. The van der Waals surface area contributed by atoms with Crippen molar-refractivity contribution in [2.45, 2.75) is 25.8 Å². The van der Waals surface area contributed by atoms with Crippen LogP contribution in [0.1, 0.15) is 24.5 Å². The largest absolute Gasteiger partial charge is 0.508 e. The first kappa shape index (κ1) is 10.6. The van der Waals surface area contributed by atoms with Crippen molar-refractivity contribution in [3.05, 3.63) is 29.3 Å². The lowest BCUT2D eigenvalue weighted by Gasteiger charge is -2.06. The number of phenols is 1. The van der Waals surface area contributed by atoms with Gasteiger partial charge in [0.15, 0.2) is 0 Å². The van der Waals surface area contributed by atoms with E-state index in [4.69, 9.17) is 11.0 Å². The van der Waals surface area contributed by atoms with Gasteiger partial charge in [-0.25, -0.2) is 0 Å². The minimum absolute atomic E-state index is 0.111. The molecule has 0 saturated carbocycles. The van der Waals surface area contributed by atoms with Gasteiger partial charge < -0.3 is 10.8 Å². The van der Waals surface area contributed by atoms with E-state index in [1.165, 1.54) is 0 Å². The Labute approximate surface area is 83.8 Å². The van der Waals surface area contributed by atoms with Gasteiger partial charge in [-0.1, -0.05) is 0 Å². The maximum atomic E-state index is 9.49. The quantitative estimate of drug-likeness (QED) is 0.759. The van der Waals surface area contributed by atoms with Crippen LogP contribution >= 0.6 is 0 Å². The van der Waals surface area contributed by atoms with E-state index < -0.39 is 0 Å². The number of hydrogen-bond acceptors (Lipinski definition) is 3. The topological polar surface area (TPSA) is 70.0 Å². The molecule has 0 bridgehead atoms. The smallest absolute Gasteiger partial charge is 0.118 e. The van der Waals surface area contributed by atoms with Crippen LogP contribution in [0.3, 0.4) is 0 Å². The zero-order valence-electron chi connectivity index (χ0n) is 8.20. The molecule has 0 fully saturated rings. The van der Waals surface area contributed by atoms with Crippen molar-refractivity contribution < 1.29 is 5.11 Å². The number of hydrogen-bond donors (Lipinski definition) is 2. The molecule has 0 aromatic heterocycles. The maximum absolute atomic E-state index is 9.49. The SMILES string of the molecule is CC(N)CCc1cc(C#N)ccc1O. The van der Waals surface area contributed by atoms with Gasteiger partial charge in [-0.3, -0.25) is 0 Å². The fraction of sp³-hybridized carbons (Fsp3) is 0.364. The lowest BCUT2D eigenvalue weighted by molar-refractivity contribution is 0.465. The van der Waals surface area contributed by atoms with E-state index in [9.17, 15) is 5.11 Å². The Kier molecular flexibility index (Phi) is 3.49. The second-order valence-corrected chi connectivity index (χ2v) is 3.47. The zero-order valence-corrected chi connectivity index (χ0v) is 8.20. The van der Waals surface area contributed by atoms with Crippen molar-refractivity contribution in [3.63, 3.8) is 0 Å². The van der Waals surface area contributed by atoms with Crippen molar-refractivity contribution in [1.29, 1.82) is 5.26 Å². The Balaban J connectivity index is 2.80. The number of nitriles is 1. The summed E-state index contributed by atoms with van der Waals surface area (Å²) in [5.74, 6) is 0.240. The van der Waals surface area contributed by atoms with E-state index in [1.807, 2.05) is 13.0 Å². The second kappa shape index (κ2) is 4.64. The van der Waals surface area contributed by atoms with E-state index >= 15 is 0 Å². The Bertz CT molecular complexity index is 353. The van der Waals surface area contributed by atoms with Crippen LogP contribution in [0.25, 0.3) is 0 Å². The van der Waals surface area contributed by atoms with Gasteiger partial charge in [0, 0.05) is 6.04 Å². The van der Waals surface area contributed by atoms with Gasteiger partial charge in [-0.2, -0.15) is 5.26 Å². The highest BCUT2D eigenvalue weighted by atomic mass is 16.3. The Morgan fingerprint density at radius 1 is 1.57 bits per heavy atom. The first-order valence-electron chi connectivity index (χ1n) is 4.61. The van der Waals surface area contributed by atoms with Gasteiger partial charge in [0.2, 0.25) is 0 Å². The summed E-state index contributed by atoms with van der Waals surface area (Å²) in [5, 5.41) is 18.2. The molecule has 1 atom stereocenters. The standard InChI is InChI=1S/C11H14N2O/c1-8(13)2-4-10-6-9(7-12)3-5-11(10)14/h3,5-6,8,14H,2,4,13H2,1H3. The minimum Gasteiger partial charge on any atom is -0.508 e. The monoisotopic (exact) mass is 190 g/mol. The van der Waals surface area contributed by atoms with Gasteiger partial charge in [0.05, 0.1) is 11.6 Å². The molecule has 0 aliphatic heterocycles. The molecule has 0 amide bonds. The molecule has 14 heavy (non-hydrogen) atoms. The number of nitrogens with zero attached hydrogens (tertiary/aromatic N) is 1. The molecule has 1 rings (SSSR count). The van der Waals surface area contributed by atoms with E-state index in [0.29, 0.717) is 12.0 Å². The van der Waals surface area contributed by atoms with Crippen LogP contribution in [-0.4, -0.2) is 11.1 Å². The van der Waals surface area contributed by atoms with Crippen LogP contribution in [-0.2, 0) is 6.42 Å². The molecular formula is C11H14N2O. The van der Waals surface area contributed by atoms with E-state index in [2.05, 4.69) is 0 Å². The Morgan fingerprint density at radius 2 is 2.29 bits per heavy atom. The average molecular weight is 190 g/mol. The van der Waals surface area contributed by atoms with Crippen molar-refractivity contribution in [1.82, 2.24) is 0 Å². The summed E-state index contributed by atoms with van der Waals surface area (Å²) in [7, 11) is 0. The number of benzene rings is 1. The van der Waals surface area contributed by atoms with Crippen molar-refractivity contribution in [2.75, 3.05) is 0 Å². The molecule has 1 aromatic rings. The molecule has 0 aliphatic carbocycles. The van der Waals surface area contributed by atoms with Crippen molar-refractivity contribution in [3.8, 4) is 11.8 Å². The zero-order chi connectivity index (χ0) is 10.6. The summed E-state index contributed by atoms with van der Waals surface area (Å²) >= 11 is 0. The molecule has 3 N–H and O–H groups in total. The molecule has 0 radical (unpaired) electrons. The lowest BCUT2D eigenvalue weighted by atomic mass is 10.0. The van der Waals surface area contributed by atoms with E-state index in [0.717, 1.165) is 12.0 Å². The highest BCUT2D eigenvalue weighted by Crippen LogP contribution is 2.19. The molecule has 3 nitrogen and oxygen atoms in total. The highest BCUT2D eigenvalue weighted by molar-refractivity contribution is 5.41. The Morgan fingerprint density at radius 3 is 2.86 bits per heavy atom. The maximum Gasteiger partial charge on any atom is 0.118 e. The third-order valence-electron chi connectivity index (χ3n) is 2.08. The van der Waals surface area contributed by atoms with Gasteiger partial charge in [-0.05, 0) is 43.5 Å². The molecular weight excluding hydrogens is 176 g/mol. The van der Waals surface area contributed by atoms with Crippen molar-refractivity contribution >= 4 is 0 Å². The minimum atomic E-state index is 0.111. The third kappa shape index (κ3) is 2.75. The summed E-state index contributed by atoms with van der Waals surface area (Å²) in [6.07, 6.45) is 1.52. The van der Waals surface area contributed by atoms with Crippen molar-refractivity contribution in [2.24, 2.45) is 5.73 Å². The summed E-state index contributed by atoms with van der Waals surface area (Å²) in [5.41, 5.74) is 6.98. The van der Waals surface area contributed by atoms with E-state index in [1.54, 1.807) is 18.2 Å². The molecule has 1 aromatic carbocycles. The number of nitrogens with two attached hydrogens (primary N) is 1. The summed E-state index contributed by atoms with van der Waals surface area (Å²) in [6, 6.07) is 7.01. The fourth-order valence-electron chi connectivity index (χ4n) is 1.24. The first-order chi connectivity index (χ1) is 6.63. The first-order valence-corrected chi connectivity index (χ1v) is 4.61. The van der Waals surface area contributed by atoms with Crippen LogP contribution in [0.15, 0.2) is 18.2 Å². The van der Waals surface area contributed by atoms with E-state index in [-0.39, 0.29) is 11.8 Å². The Hall–Kier alpha value is -1.53. The normalized spacial score (nSPS) is 12.1. The predicted octanol–water partition coefficient (Wildman–Crippen LogP) is 1.54. The number of aryl methyl sites for hydroxylation is 1. The molecule has 0 heterocycles. The molecule has 0 aliphatic rings. The summed E-state index contributed by atoms with van der Waals surface area (Å²) in [4.78, 5) is 0. The average Bonchev–Trinajstić information content (AvgIpc) is 2.16. The second-order valence-electron chi connectivity index (χ2n) is 3.47. The van der Waals surface area contributed by atoms with Crippen LogP contribution in [0, 0.1) is 11.3 Å². The molecule has 1 unspecified atom stereocenters. The van der Waals surface area contributed by atoms with Crippen LogP contribution < -0.4 is 5.73 Å². The van der Waals surface area contributed by atoms with Gasteiger partial charge >= 0.3 is 0 Å². The van der Waals surface area contributed by atoms with Gasteiger partial charge in [0.25, 0.3) is 0 Å². The molecule has 3 heteroatoms.